The molecule has 5 heteroatoms. The van der Waals surface area contributed by atoms with Crippen molar-refractivity contribution in [3.8, 4) is 6.07 Å². The normalized spacial score (nSPS) is 10.6. The van der Waals surface area contributed by atoms with Gasteiger partial charge in [-0.15, -0.1) is 0 Å². The fourth-order valence-corrected chi connectivity index (χ4v) is 2.87. The molecule has 3 aromatic rings. The molecule has 0 bridgehead atoms. The van der Waals surface area contributed by atoms with Gasteiger partial charge in [0.15, 0.2) is 0 Å². The van der Waals surface area contributed by atoms with Crippen LogP contribution in [0.1, 0.15) is 40.9 Å². The number of carbonyl (C=O) groups is 1. The Kier molecular flexibility index (Phi) is 5.68. The van der Waals surface area contributed by atoms with Crippen LogP contribution in [-0.4, -0.2) is 26.6 Å². The smallest absolute Gasteiger partial charge is 0.254 e. The van der Waals surface area contributed by atoms with E-state index in [2.05, 4.69) is 11.2 Å². The summed E-state index contributed by atoms with van der Waals surface area (Å²) in [6, 6.07) is 19.1. The first-order chi connectivity index (χ1) is 13.1. The van der Waals surface area contributed by atoms with Gasteiger partial charge in [-0.05, 0) is 55.3 Å². The Morgan fingerprint density at radius 1 is 1.11 bits per heavy atom. The van der Waals surface area contributed by atoms with E-state index in [1.807, 2.05) is 72.1 Å². The largest absolute Gasteiger partial charge is 0.332 e. The minimum absolute atomic E-state index is 0.00000102. The molecule has 1 amide bonds. The third-order valence-electron chi connectivity index (χ3n) is 4.42. The van der Waals surface area contributed by atoms with Gasteiger partial charge in [0.05, 0.1) is 18.2 Å². The molecule has 0 N–H and O–H groups in total. The van der Waals surface area contributed by atoms with Crippen molar-refractivity contribution < 1.29 is 4.79 Å². The van der Waals surface area contributed by atoms with Gasteiger partial charge in [-0.2, -0.15) is 10.4 Å². The van der Waals surface area contributed by atoms with Crippen LogP contribution in [0.4, 0.5) is 0 Å². The number of hydrogen-bond donors (Lipinski definition) is 0. The van der Waals surface area contributed by atoms with Crippen molar-refractivity contribution in [1.82, 2.24) is 14.7 Å². The van der Waals surface area contributed by atoms with Crippen LogP contribution in [0.15, 0.2) is 67.0 Å². The predicted octanol–water partition coefficient (Wildman–Crippen LogP) is 3.85. The molecular weight excluding hydrogens is 336 g/mol. The molecule has 0 aliphatic heterocycles. The van der Waals surface area contributed by atoms with Crippen molar-refractivity contribution in [2.75, 3.05) is 0 Å². The zero-order valence-corrected chi connectivity index (χ0v) is 15.5. The van der Waals surface area contributed by atoms with E-state index in [9.17, 15) is 4.79 Å². The fraction of sp³-hybridized carbons (Fsp3) is 0.227. The summed E-state index contributed by atoms with van der Waals surface area (Å²) in [7, 11) is 0. The molecule has 3 rings (SSSR count). The van der Waals surface area contributed by atoms with Crippen LogP contribution in [0.5, 0.6) is 0 Å². The molecule has 0 fully saturated rings. The maximum Gasteiger partial charge on any atom is 0.254 e. The monoisotopic (exact) mass is 358 g/mol. The van der Waals surface area contributed by atoms with E-state index < -0.39 is 0 Å². The minimum atomic E-state index is -0.00000102. The third kappa shape index (κ3) is 4.62. The summed E-state index contributed by atoms with van der Waals surface area (Å²) < 4.78 is 1.85. The van der Waals surface area contributed by atoms with Crippen LogP contribution in [0.3, 0.4) is 0 Å². The van der Waals surface area contributed by atoms with Crippen LogP contribution in [0.2, 0.25) is 0 Å². The molecule has 1 heterocycles. The molecule has 1 aromatic heterocycles. The molecule has 0 unspecified atom stereocenters. The van der Waals surface area contributed by atoms with Crippen molar-refractivity contribution >= 4 is 5.91 Å². The first kappa shape index (κ1) is 18.4. The van der Waals surface area contributed by atoms with Crippen molar-refractivity contribution in [1.29, 1.82) is 5.26 Å². The van der Waals surface area contributed by atoms with Gasteiger partial charge in [0.1, 0.15) is 0 Å². The van der Waals surface area contributed by atoms with Gasteiger partial charge in [-0.3, -0.25) is 9.48 Å². The van der Waals surface area contributed by atoms with Crippen molar-refractivity contribution in [2.24, 2.45) is 0 Å². The van der Waals surface area contributed by atoms with E-state index in [1.54, 1.807) is 18.3 Å². The fourth-order valence-electron chi connectivity index (χ4n) is 2.87. The zero-order valence-electron chi connectivity index (χ0n) is 15.5. The van der Waals surface area contributed by atoms with E-state index in [0.717, 1.165) is 11.1 Å². The number of hydrogen-bond acceptors (Lipinski definition) is 3. The SMILES string of the molecule is CC(C)N(Cc1ccc(C#N)cc1)C(=O)c1ccc(Cn2cccn2)cc1. The Morgan fingerprint density at radius 3 is 2.33 bits per heavy atom. The molecule has 2 aromatic carbocycles. The summed E-state index contributed by atoms with van der Waals surface area (Å²) in [6.07, 6.45) is 3.67. The van der Waals surface area contributed by atoms with Crippen LogP contribution in [0.25, 0.3) is 0 Å². The van der Waals surface area contributed by atoms with Gasteiger partial charge in [0.2, 0.25) is 0 Å². The molecule has 136 valence electrons. The molecule has 0 spiro atoms. The Balaban J connectivity index is 1.73. The highest BCUT2D eigenvalue weighted by atomic mass is 16.2. The van der Waals surface area contributed by atoms with Crippen LogP contribution in [-0.2, 0) is 13.1 Å². The summed E-state index contributed by atoms with van der Waals surface area (Å²) >= 11 is 0. The lowest BCUT2D eigenvalue weighted by Gasteiger charge is -2.27. The molecule has 27 heavy (non-hydrogen) atoms. The average molecular weight is 358 g/mol. The number of nitrogens with zero attached hydrogens (tertiary/aromatic N) is 4. The van der Waals surface area contributed by atoms with E-state index in [-0.39, 0.29) is 11.9 Å². The number of aromatic nitrogens is 2. The summed E-state index contributed by atoms with van der Waals surface area (Å²) in [4.78, 5) is 14.8. The maximum atomic E-state index is 13.0. The standard InChI is InChI=1S/C22H22N4O/c1-17(2)26(16-20-6-4-18(14-23)5-7-20)22(27)21-10-8-19(9-11-21)15-25-13-3-12-24-25/h3-13,17H,15-16H2,1-2H3. The Morgan fingerprint density at radius 2 is 1.78 bits per heavy atom. The predicted molar refractivity (Wildman–Crippen MR) is 104 cm³/mol. The van der Waals surface area contributed by atoms with Gasteiger partial charge in [0.25, 0.3) is 5.91 Å². The lowest BCUT2D eigenvalue weighted by atomic mass is 10.1. The van der Waals surface area contributed by atoms with Crippen molar-refractivity contribution in [3.05, 3.63) is 89.2 Å². The lowest BCUT2D eigenvalue weighted by molar-refractivity contribution is 0.0690. The topological polar surface area (TPSA) is 61.9 Å². The summed E-state index contributed by atoms with van der Waals surface area (Å²) in [5.41, 5.74) is 3.39. The van der Waals surface area contributed by atoms with Gasteiger partial charge in [0, 0.05) is 30.5 Å². The van der Waals surface area contributed by atoms with Crippen LogP contribution in [0, 0.1) is 11.3 Å². The summed E-state index contributed by atoms with van der Waals surface area (Å²) in [6.45, 7) is 5.21. The highest BCUT2D eigenvalue weighted by Gasteiger charge is 2.19. The minimum Gasteiger partial charge on any atom is -0.332 e. The van der Waals surface area contributed by atoms with Gasteiger partial charge in [-0.1, -0.05) is 24.3 Å². The molecule has 0 radical (unpaired) electrons. The highest BCUT2D eigenvalue weighted by molar-refractivity contribution is 5.94. The average Bonchev–Trinajstić information content (AvgIpc) is 3.19. The van der Waals surface area contributed by atoms with Crippen molar-refractivity contribution in [2.45, 2.75) is 33.0 Å². The van der Waals surface area contributed by atoms with Gasteiger partial charge in [-0.25, -0.2) is 0 Å². The number of nitriles is 1. The molecule has 0 saturated heterocycles. The molecule has 0 saturated carbocycles. The molecule has 0 aliphatic carbocycles. The van der Waals surface area contributed by atoms with Gasteiger partial charge >= 0.3 is 0 Å². The van der Waals surface area contributed by atoms with Crippen LogP contribution < -0.4 is 0 Å². The number of rotatable bonds is 6. The number of carbonyl (C=O) groups excluding carboxylic acids is 1. The molecule has 5 nitrogen and oxygen atoms in total. The van der Waals surface area contributed by atoms with E-state index >= 15 is 0 Å². The first-order valence-corrected chi connectivity index (χ1v) is 8.93. The van der Waals surface area contributed by atoms with Crippen LogP contribution >= 0.6 is 0 Å². The number of amides is 1. The van der Waals surface area contributed by atoms with Gasteiger partial charge < -0.3 is 4.90 Å². The third-order valence-corrected chi connectivity index (χ3v) is 4.42. The second kappa shape index (κ2) is 8.33. The Hall–Kier alpha value is -3.39. The quantitative estimate of drug-likeness (QED) is 0.672. The van der Waals surface area contributed by atoms with E-state index in [4.69, 9.17) is 5.26 Å². The highest BCUT2D eigenvalue weighted by Crippen LogP contribution is 2.15. The first-order valence-electron chi connectivity index (χ1n) is 8.93. The summed E-state index contributed by atoms with van der Waals surface area (Å²) in [5, 5.41) is 13.1. The molecular formula is C22H22N4O. The zero-order chi connectivity index (χ0) is 19.2. The van der Waals surface area contributed by atoms with E-state index in [0.29, 0.717) is 24.2 Å². The number of benzene rings is 2. The second-order valence-corrected chi connectivity index (χ2v) is 6.74. The maximum absolute atomic E-state index is 13.0. The molecule has 0 atom stereocenters. The van der Waals surface area contributed by atoms with Crippen molar-refractivity contribution in [3.63, 3.8) is 0 Å². The molecule has 0 aliphatic rings. The van der Waals surface area contributed by atoms with E-state index in [1.165, 1.54) is 0 Å². The second-order valence-electron chi connectivity index (χ2n) is 6.74. The lowest BCUT2D eigenvalue weighted by Crippen LogP contribution is -2.36. The Bertz CT molecular complexity index is 920. The summed E-state index contributed by atoms with van der Waals surface area (Å²) in [5.74, 6) is -0.00000102. The Labute approximate surface area is 159 Å².